The molecule has 0 radical (unpaired) electrons. The molecule has 118 valence electrons. The minimum atomic E-state index is -0.351. The molecule has 0 saturated carbocycles. The van der Waals surface area contributed by atoms with Gasteiger partial charge in [-0.25, -0.2) is 4.79 Å². The average molecular weight is 294 g/mol. The lowest BCUT2D eigenvalue weighted by molar-refractivity contribution is 0.163. The molecule has 0 unspecified atom stereocenters. The number of hydrogen-bond acceptors (Lipinski definition) is 3. The Bertz CT molecular complexity index is 461. The Labute approximate surface area is 126 Å². The number of urea groups is 1. The van der Waals surface area contributed by atoms with Crippen molar-refractivity contribution in [1.82, 2.24) is 5.32 Å². The minimum Gasteiger partial charge on any atom is -0.494 e. The Kier molecular flexibility index (Phi) is 7.02. The van der Waals surface area contributed by atoms with Gasteiger partial charge in [0.1, 0.15) is 5.75 Å². The molecule has 0 fully saturated rings. The lowest BCUT2D eigenvalue weighted by Gasteiger charge is -2.15. The molecule has 1 aromatic carbocycles. The van der Waals surface area contributed by atoms with Gasteiger partial charge in [-0.1, -0.05) is 13.0 Å². The third-order valence-electron chi connectivity index (χ3n) is 3.10. The molecular weight excluding hydrogens is 268 g/mol. The summed E-state index contributed by atoms with van der Waals surface area (Å²) in [7, 11) is 0. The van der Waals surface area contributed by atoms with Crippen LogP contribution in [-0.2, 0) is 0 Å². The summed E-state index contributed by atoms with van der Waals surface area (Å²) in [6.07, 6.45) is 0.315. The molecule has 0 aromatic heterocycles. The van der Waals surface area contributed by atoms with E-state index < -0.39 is 0 Å². The summed E-state index contributed by atoms with van der Waals surface area (Å²) in [6.45, 7) is 8.75. The van der Waals surface area contributed by atoms with Gasteiger partial charge in [-0.2, -0.15) is 0 Å². The average Bonchev–Trinajstić information content (AvgIpc) is 2.40. The summed E-state index contributed by atoms with van der Waals surface area (Å²) in [5.74, 6) is 1.01. The maximum atomic E-state index is 11.8. The second-order valence-electron chi connectivity index (χ2n) is 5.44. The maximum absolute atomic E-state index is 11.8. The highest BCUT2D eigenvalue weighted by molar-refractivity contribution is 5.89. The topological polar surface area (TPSA) is 70.6 Å². The SMILES string of the molecule is CCOc1cc(NC(=O)NC[C@H](C)C[C@H](C)O)ccc1C. The zero-order valence-corrected chi connectivity index (χ0v) is 13.3. The first-order chi connectivity index (χ1) is 9.92. The van der Waals surface area contributed by atoms with Gasteiger partial charge in [-0.05, 0) is 44.7 Å². The van der Waals surface area contributed by atoms with Crippen molar-refractivity contribution in [3.05, 3.63) is 23.8 Å². The van der Waals surface area contributed by atoms with Gasteiger partial charge >= 0.3 is 6.03 Å². The van der Waals surface area contributed by atoms with E-state index in [4.69, 9.17) is 4.74 Å². The van der Waals surface area contributed by atoms with Crippen LogP contribution in [0.3, 0.4) is 0 Å². The van der Waals surface area contributed by atoms with Gasteiger partial charge < -0.3 is 20.5 Å². The predicted molar refractivity (Wildman–Crippen MR) is 84.8 cm³/mol. The van der Waals surface area contributed by atoms with Crippen molar-refractivity contribution in [3.63, 3.8) is 0 Å². The molecule has 0 bridgehead atoms. The van der Waals surface area contributed by atoms with Crippen molar-refractivity contribution in [2.45, 2.75) is 40.2 Å². The van der Waals surface area contributed by atoms with Gasteiger partial charge in [0.2, 0.25) is 0 Å². The van der Waals surface area contributed by atoms with Crippen molar-refractivity contribution < 1.29 is 14.6 Å². The maximum Gasteiger partial charge on any atom is 0.319 e. The molecule has 2 atom stereocenters. The number of aliphatic hydroxyl groups excluding tert-OH is 1. The zero-order valence-electron chi connectivity index (χ0n) is 13.3. The standard InChI is InChI=1S/C16H26N2O3/c1-5-21-15-9-14(7-6-12(15)3)18-16(20)17-10-11(2)8-13(4)19/h6-7,9,11,13,19H,5,8,10H2,1-4H3,(H2,17,18,20)/t11-,13+/m1/s1. The molecule has 0 aliphatic carbocycles. The van der Waals surface area contributed by atoms with Gasteiger partial charge in [0.05, 0.1) is 12.7 Å². The largest absolute Gasteiger partial charge is 0.494 e. The van der Waals surface area contributed by atoms with E-state index in [2.05, 4.69) is 10.6 Å². The molecule has 2 amide bonds. The van der Waals surface area contributed by atoms with Crippen LogP contribution in [0.25, 0.3) is 0 Å². The van der Waals surface area contributed by atoms with E-state index in [-0.39, 0.29) is 18.1 Å². The Morgan fingerprint density at radius 3 is 2.71 bits per heavy atom. The van der Waals surface area contributed by atoms with Crippen LogP contribution in [0.2, 0.25) is 0 Å². The summed E-state index contributed by atoms with van der Waals surface area (Å²) < 4.78 is 5.50. The summed E-state index contributed by atoms with van der Waals surface area (Å²) in [5.41, 5.74) is 1.73. The molecule has 0 aliphatic rings. The highest BCUT2D eigenvalue weighted by atomic mass is 16.5. The molecule has 0 saturated heterocycles. The van der Waals surface area contributed by atoms with Gasteiger partial charge in [-0.3, -0.25) is 0 Å². The Morgan fingerprint density at radius 1 is 1.38 bits per heavy atom. The first-order valence-corrected chi connectivity index (χ1v) is 7.38. The third-order valence-corrected chi connectivity index (χ3v) is 3.10. The molecule has 0 spiro atoms. The number of carbonyl (C=O) groups is 1. The number of aryl methyl sites for hydroxylation is 1. The van der Waals surface area contributed by atoms with E-state index in [0.717, 1.165) is 11.3 Å². The highest BCUT2D eigenvalue weighted by Gasteiger charge is 2.09. The molecule has 0 aliphatic heterocycles. The van der Waals surface area contributed by atoms with Crippen LogP contribution in [0.1, 0.15) is 32.8 Å². The number of benzene rings is 1. The number of hydrogen-bond donors (Lipinski definition) is 3. The number of ether oxygens (including phenoxy) is 1. The number of carbonyl (C=O) groups excluding carboxylic acids is 1. The molecule has 0 heterocycles. The fraction of sp³-hybridized carbons (Fsp3) is 0.562. The normalized spacial score (nSPS) is 13.4. The zero-order chi connectivity index (χ0) is 15.8. The molecule has 1 aromatic rings. The van der Waals surface area contributed by atoms with E-state index >= 15 is 0 Å². The van der Waals surface area contributed by atoms with Crippen LogP contribution in [0.15, 0.2) is 18.2 Å². The Morgan fingerprint density at radius 2 is 2.10 bits per heavy atom. The molecule has 3 N–H and O–H groups in total. The van der Waals surface area contributed by atoms with Crippen LogP contribution in [-0.4, -0.2) is 30.4 Å². The van der Waals surface area contributed by atoms with Gasteiger partial charge in [-0.15, -0.1) is 0 Å². The molecule has 21 heavy (non-hydrogen) atoms. The minimum absolute atomic E-state index is 0.229. The van der Waals surface area contributed by atoms with Crippen molar-refractivity contribution in [2.75, 3.05) is 18.5 Å². The van der Waals surface area contributed by atoms with Crippen molar-refractivity contribution in [3.8, 4) is 5.75 Å². The fourth-order valence-corrected chi connectivity index (χ4v) is 2.10. The summed E-state index contributed by atoms with van der Waals surface area (Å²) in [5, 5.41) is 14.9. The van der Waals surface area contributed by atoms with Crippen molar-refractivity contribution >= 4 is 11.7 Å². The van der Waals surface area contributed by atoms with Crippen LogP contribution >= 0.6 is 0 Å². The van der Waals surface area contributed by atoms with Crippen LogP contribution in [0, 0.1) is 12.8 Å². The fourth-order valence-electron chi connectivity index (χ4n) is 2.10. The van der Waals surface area contributed by atoms with Crippen LogP contribution in [0.4, 0.5) is 10.5 Å². The lowest BCUT2D eigenvalue weighted by atomic mass is 10.1. The second kappa shape index (κ2) is 8.52. The first kappa shape index (κ1) is 17.3. The van der Waals surface area contributed by atoms with Gasteiger partial charge in [0.15, 0.2) is 0 Å². The van der Waals surface area contributed by atoms with E-state index in [9.17, 15) is 9.90 Å². The van der Waals surface area contributed by atoms with Crippen LogP contribution < -0.4 is 15.4 Å². The number of rotatable bonds is 7. The van der Waals surface area contributed by atoms with E-state index in [0.29, 0.717) is 25.3 Å². The van der Waals surface area contributed by atoms with E-state index in [1.807, 2.05) is 39.0 Å². The molecular formula is C16H26N2O3. The summed E-state index contributed by atoms with van der Waals surface area (Å²) in [6, 6.07) is 5.32. The second-order valence-corrected chi connectivity index (χ2v) is 5.44. The number of amides is 2. The third kappa shape index (κ3) is 6.49. The quantitative estimate of drug-likeness (QED) is 0.724. The molecule has 1 rings (SSSR count). The lowest BCUT2D eigenvalue weighted by Crippen LogP contribution is -2.33. The van der Waals surface area contributed by atoms with Crippen LogP contribution in [0.5, 0.6) is 5.75 Å². The van der Waals surface area contributed by atoms with E-state index in [1.165, 1.54) is 0 Å². The van der Waals surface area contributed by atoms with Gasteiger partial charge in [0, 0.05) is 18.3 Å². The Balaban J connectivity index is 2.49. The van der Waals surface area contributed by atoms with Gasteiger partial charge in [0.25, 0.3) is 0 Å². The highest BCUT2D eigenvalue weighted by Crippen LogP contribution is 2.22. The van der Waals surface area contributed by atoms with Crippen molar-refractivity contribution in [2.24, 2.45) is 5.92 Å². The predicted octanol–water partition coefficient (Wildman–Crippen LogP) is 2.92. The number of anilines is 1. The summed E-state index contributed by atoms with van der Waals surface area (Å²) >= 11 is 0. The molecule has 5 nitrogen and oxygen atoms in total. The smallest absolute Gasteiger partial charge is 0.319 e. The number of aliphatic hydroxyl groups is 1. The summed E-state index contributed by atoms with van der Waals surface area (Å²) in [4.78, 5) is 11.8. The van der Waals surface area contributed by atoms with Crippen molar-refractivity contribution in [1.29, 1.82) is 0 Å². The van der Waals surface area contributed by atoms with E-state index in [1.54, 1.807) is 6.92 Å². The monoisotopic (exact) mass is 294 g/mol. The number of nitrogens with one attached hydrogen (secondary N) is 2. The molecule has 5 heteroatoms. The Hall–Kier alpha value is -1.75. The first-order valence-electron chi connectivity index (χ1n) is 7.38.